The van der Waals surface area contributed by atoms with Crippen molar-refractivity contribution in [2.75, 3.05) is 7.11 Å². The van der Waals surface area contributed by atoms with Crippen molar-refractivity contribution < 1.29 is 4.74 Å². The number of methoxy groups -OCH3 is 1. The molecule has 0 aliphatic rings. The van der Waals surface area contributed by atoms with Crippen LogP contribution in [-0.2, 0) is 0 Å². The fraction of sp³-hybridized carbons (Fsp3) is 0.294. The molecule has 3 rings (SSSR count). The Morgan fingerprint density at radius 1 is 0.762 bits per heavy atom. The van der Waals surface area contributed by atoms with Crippen LogP contribution in [0.25, 0.3) is 16.7 Å². The lowest BCUT2D eigenvalue weighted by molar-refractivity contribution is 0.410. The van der Waals surface area contributed by atoms with Crippen LogP contribution in [0.2, 0.25) is 0 Å². The topological polar surface area (TPSA) is 39.9 Å². The molecule has 3 aromatic rings. The Balaban J connectivity index is 0.000000510. The molecular weight excluding hydrogens is 262 g/mol. The number of fused-ring (bicyclic) bond motifs is 1. The predicted octanol–water partition coefficient (Wildman–Crippen LogP) is 4.48. The molecule has 4 nitrogen and oxygen atoms in total. The third kappa shape index (κ3) is 3.81. The van der Waals surface area contributed by atoms with Gasteiger partial charge in [-0.05, 0) is 24.3 Å². The zero-order chi connectivity index (χ0) is 15.7. The van der Waals surface area contributed by atoms with Crippen LogP contribution in [0.4, 0.5) is 0 Å². The molecule has 0 aliphatic carbocycles. The van der Waals surface area contributed by atoms with Gasteiger partial charge in [0.15, 0.2) is 0 Å². The molecule has 0 fully saturated rings. The summed E-state index contributed by atoms with van der Waals surface area (Å²) in [7, 11) is 1.64. The Hall–Kier alpha value is -2.36. The highest BCUT2D eigenvalue weighted by Crippen LogP contribution is 2.21. The first-order chi connectivity index (χ1) is 10.4. The van der Waals surface area contributed by atoms with E-state index in [1.165, 1.54) is 0 Å². The van der Waals surface area contributed by atoms with Gasteiger partial charge in [-0.1, -0.05) is 52.0 Å². The summed E-state index contributed by atoms with van der Waals surface area (Å²) >= 11 is 0. The van der Waals surface area contributed by atoms with Crippen LogP contribution >= 0.6 is 0 Å². The van der Waals surface area contributed by atoms with Gasteiger partial charge < -0.3 is 4.74 Å². The quantitative estimate of drug-likeness (QED) is 0.697. The van der Waals surface area contributed by atoms with E-state index in [2.05, 4.69) is 10.2 Å². The Morgan fingerprint density at radius 2 is 1.24 bits per heavy atom. The van der Waals surface area contributed by atoms with Crippen molar-refractivity contribution in [3.8, 4) is 11.4 Å². The van der Waals surface area contributed by atoms with E-state index < -0.39 is 0 Å². The van der Waals surface area contributed by atoms with E-state index in [-0.39, 0.29) is 0 Å². The molecule has 0 atom stereocenters. The molecular formula is C17H23N3O. The van der Waals surface area contributed by atoms with Gasteiger partial charge in [0.1, 0.15) is 22.5 Å². The number of aromatic nitrogens is 3. The monoisotopic (exact) mass is 285 g/mol. The van der Waals surface area contributed by atoms with Crippen molar-refractivity contribution in [2.45, 2.75) is 27.7 Å². The van der Waals surface area contributed by atoms with Gasteiger partial charge in [-0.15, -0.1) is 15.0 Å². The summed E-state index contributed by atoms with van der Waals surface area (Å²) in [5.41, 5.74) is 2.59. The maximum absolute atomic E-state index is 5.29. The highest BCUT2D eigenvalue weighted by molar-refractivity contribution is 5.73. The number of para-hydroxylation sites is 2. The number of ether oxygens (including phenoxy) is 1. The van der Waals surface area contributed by atoms with E-state index in [9.17, 15) is 0 Å². The van der Waals surface area contributed by atoms with Crippen molar-refractivity contribution in [2.24, 2.45) is 0 Å². The standard InChI is InChI=1S/C13H11N3O.2C2H6/c1-17-13-9-5-4-8-12(13)16-14-10-6-2-3-7-11(10)15-16;2*1-2/h2-9H,1H3;2*1-2H3. The second-order valence-electron chi connectivity index (χ2n) is 3.65. The minimum absolute atomic E-state index is 0.757. The molecule has 21 heavy (non-hydrogen) atoms. The Morgan fingerprint density at radius 3 is 1.76 bits per heavy atom. The van der Waals surface area contributed by atoms with Gasteiger partial charge in [0.2, 0.25) is 0 Å². The molecule has 0 N–H and O–H groups in total. The van der Waals surface area contributed by atoms with Crippen LogP contribution in [0.5, 0.6) is 5.75 Å². The van der Waals surface area contributed by atoms with E-state index in [4.69, 9.17) is 4.74 Å². The van der Waals surface area contributed by atoms with Crippen LogP contribution in [0.1, 0.15) is 27.7 Å². The van der Waals surface area contributed by atoms with Crippen molar-refractivity contribution in [1.82, 2.24) is 15.0 Å². The van der Waals surface area contributed by atoms with E-state index >= 15 is 0 Å². The van der Waals surface area contributed by atoms with Crippen molar-refractivity contribution in [3.63, 3.8) is 0 Å². The molecule has 0 bridgehead atoms. The zero-order valence-electron chi connectivity index (χ0n) is 13.4. The number of rotatable bonds is 2. The molecule has 4 heteroatoms. The second-order valence-corrected chi connectivity index (χ2v) is 3.65. The van der Waals surface area contributed by atoms with Crippen LogP contribution in [0.3, 0.4) is 0 Å². The first kappa shape index (κ1) is 16.7. The maximum Gasteiger partial charge on any atom is 0.146 e. The highest BCUT2D eigenvalue weighted by atomic mass is 16.5. The summed E-state index contributed by atoms with van der Waals surface area (Å²) in [5, 5.41) is 8.83. The SMILES string of the molecule is CC.CC.COc1ccccc1-n1nc2ccccc2n1. The number of hydrogen-bond acceptors (Lipinski definition) is 3. The van der Waals surface area contributed by atoms with E-state index in [1.807, 2.05) is 76.2 Å². The summed E-state index contributed by atoms with van der Waals surface area (Å²) in [6, 6.07) is 15.5. The van der Waals surface area contributed by atoms with Crippen LogP contribution in [0, 0.1) is 0 Å². The number of nitrogens with zero attached hydrogens (tertiary/aromatic N) is 3. The van der Waals surface area contributed by atoms with E-state index in [0.29, 0.717) is 0 Å². The molecule has 0 radical (unpaired) electrons. The van der Waals surface area contributed by atoms with Crippen LogP contribution < -0.4 is 4.74 Å². The van der Waals surface area contributed by atoms with Gasteiger partial charge in [-0.3, -0.25) is 0 Å². The molecule has 1 aromatic heterocycles. The number of benzene rings is 2. The molecule has 112 valence electrons. The minimum atomic E-state index is 0.757. The Bertz CT molecular complexity index is 629. The summed E-state index contributed by atoms with van der Waals surface area (Å²) in [6.07, 6.45) is 0. The normalized spacial score (nSPS) is 9.19. The lowest BCUT2D eigenvalue weighted by atomic mass is 10.3. The molecule has 1 heterocycles. The lowest BCUT2D eigenvalue weighted by Crippen LogP contribution is -2.01. The summed E-state index contributed by atoms with van der Waals surface area (Å²) < 4.78 is 5.29. The molecule has 0 saturated carbocycles. The van der Waals surface area contributed by atoms with Gasteiger partial charge in [0.05, 0.1) is 7.11 Å². The highest BCUT2D eigenvalue weighted by Gasteiger charge is 2.07. The minimum Gasteiger partial charge on any atom is -0.494 e. The molecule has 0 aliphatic heterocycles. The third-order valence-electron chi connectivity index (χ3n) is 2.59. The maximum atomic E-state index is 5.29. The Kier molecular flexibility index (Phi) is 6.95. The molecule has 2 aromatic carbocycles. The largest absolute Gasteiger partial charge is 0.494 e. The molecule has 0 spiro atoms. The van der Waals surface area contributed by atoms with Crippen molar-refractivity contribution in [3.05, 3.63) is 48.5 Å². The zero-order valence-corrected chi connectivity index (χ0v) is 13.4. The smallest absolute Gasteiger partial charge is 0.146 e. The van der Waals surface area contributed by atoms with Gasteiger partial charge in [-0.2, -0.15) is 0 Å². The van der Waals surface area contributed by atoms with Crippen molar-refractivity contribution >= 4 is 11.0 Å². The van der Waals surface area contributed by atoms with Gasteiger partial charge in [0.25, 0.3) is 0 Å². The fourth-order valence-corrected chi connectivity index (χ4v) is 1.76. The van der Waals surface area contributed by atoms with Gasteiger partial charge >= 0.3 is 0 Å². The third-order valence-corrected chi connectivity index (χ3v) is 2.59. The summed E-state index contributed by atoms with van der Waals surface area (Å²) in [4.78, 5) is 1.60. The molecule has 0 unspecified atom stereocenters. The first-order valence-electron chi connectivity index (χ1n) is 7.34. The van der Waals surface area contributed by atoms with Gasteiger partial charge in [-0.25, -0.2) is 0 Å². The predicted molar refractivity (Wildman–Crippen MR) is 88.1 cm³/mol. The Labute approximate surface area is 126 Å². The van der Waals surface area contributed by atoms with Crippen LogP contribution in [-0.4, -0.2) is 22.1 Å². The lowest BCUT2D eigenvalue weighted by Gasteiger charge is -2.05. The second kappa shape index (κ2) is 8.74. The molecule has 0 amide bonds. The molecule has 0 saturated heterocycles. The van der Waals surface area contributed by atoms with Crippen molar-refractivity contribution in [1.29, 1.82) is 0 Å². The van der Waals surface area contributed by atoms with Crippen LogP contribution in [0.15, 0.2) is 48.5 Å². The average molecular weight is 285 g/mol. The average Bonchev–Trinajstić information content (AvgIpc) is 3.02. The summed E-state index contributed by atoms with van der Waals surface area (Å²) in [5.74, 6) is 0.757. The number of hydrogen-bond donors (Lipinski definition) is 0. The van der Waals surface area contributed by atoms with E-state index in [0.717, 1.165) is 22.5 Å². The summed E-state index contributed by atoms with van der Waals surface area (Å²) in [6.45, 7) is 8.00. The first-order valence-corrected chi connectivity index (χ1v) is 7.34. The van der Waals surface area contributed by atoms with Gasteiger partial charge in [0, 0.05) is 0 Å². The fourth-order valence-electron chi connectivity index (χ4n) is 1.76. The van der Waals surface area contributed by atoms with E-state index in [1.54, 1.807) is 11.9 Å².